The van der Waals surface area contributed by atoms with E-state index in [9.17, 15) is 4.79 Å². The number of ether oxygens (including phenoxy) is 1. The number of fused-ring (bicyclic) bond motifs is 4. The van der Waals surface area contributed by atoms with Crippen molar-refractivity contribution >= 4 is 6.03 Å². The van der Waals surface area contributed by atoms with Crippen LogP contribution in [0.4, 0.5) is 4.79 Å². The normalized spacial score (nSPS) is 28.2. The van der Waals surface area contributed by atoms with Crippen molar-refractivity contribution in [2.75, 3.05) is 6.54 Å². The van der Waals surface area contributed by atoms with Gasteiger partial charge in [-0.3, -0.25) is 4.90 Å². The summed E-state index contributed by atoms with van der Waals surface area (Å²) in [7, 11) is 0. The van der Waals surface area contributed by atoms with E-state index in [0.717, 1.165) is 23.3 Å². The summed E-state index contributed by atoms with van der Waals surface area (Å²) in [5, 5.41) is 3.05. The highest BCUT2D eigenvalue weighted by atomic mass is 16.5. The first-order valence-electron chi connectivity index (χ1n) is 6.53. The number of carbonyl (C=O) groups excluding carboxylic acids is 1. The van der Waals surface area contributed by atoms with Crippen LogP contribution in [0.1, 0.15) is 30.5 Å². The fourth-order valence-electron chi connectivity index (χ4n) is 2.98. The second-order valence-electron chi connectivity index (χ2n) is 5.38. The van der Waals surface area contributed by atoms with E-state index >= 15 is 0 Å². The van der Waals surface area contributed by atoms with E-state index in [1.54, 1.807) is 11.0 Å². The van der Waals surface area contributed by atoms with E-state index in [-0.39, 0.29) is 12.1 Å². The van der Waals surface area contributed by atoms with E-state index in [1.165, 1.54) is 0 Å². The summed E-state index contributed by atoms with van der Waals surface area (Å²) in [5.41, 5.74) is 1.58. The molecule has 2 amide bonds. The number of benzene rings is 1. The summed E-state index contributed by atoms with van der Waals surface area (Å²) >= 11 is 0. The van der Waals surface area contributed by atoms with Crippen LogP contribution >= 0.6 is 0 Å². The van der Waals surface area contributed by atoms with Crippen LogP contribution in [0.3, 0.4) is 0 Å². The second-order valence-corrected chi connectivity index (χ2v) is 5.38. The predicted molar refractivity (Wildman–Crippen MR) is 73.0 cm³/mol. The Morgan fingerprint density at radius 3 is 3.16 bits per heavy atom. The minimum absolute atomic E-state index is 0.0298. The molecule has 1 aromatic carbocycles. The molecule has 2 unspecified atom stereocenters. The topological polar surface area (TPSA) is 41.6 Å². The molecule has 100 valence electrons. The lowest BCUT2D eigenvalue weighted by Gasteiger charge is -2.50. The first-order chi connectivity index (χ1) is 9.05. The molecule has 2 aliphatic rings. The summed E-state index contributed by atoms with van der Waals surface area (Å²) in [6.07, 6.45) is 2.48. The van der Waals surface area contributed by atoms with Crippen molar-refractivity contribution in [3.63, 3.8) is 0 Å². The molecule has 1 fully saturated rings. The van der Waals surface area contributed by atoms with Crippen molar-refractivity contribution in [1.82, 2.24) is 10.2 Å². The van der Waals surface area contributed by atoms with E-state index in [2.05, 4.69) is 11.9 Å². The molecule has 4 nitrogen and oxygen atoms in total. The van der Waals surface area contributed by atoms with Gasteiger partial charge in [0, 0.05) is 18.5 Å². The van der Waals surface area contributed by atoms with Gasteiger partial charge in [0.05, 0.1) is 6.04 Å². The molecule has 0 radical (unpaired) electrons. The maximum atomic E-state index is 12.2. The van der Waals surface area contributed by atoms with Crippen LogP contribution in [-0.2, 0) is 0 Å². The zero-order valence-corrected chi connectivity index (χ0v) is 11.3. The van der Waals surface area contributed by atoms with Crippen molar-refractivity contribution in [2.24, 2.45) is 0 Å². The molecule has 2 bridgehead atoms. The van der Waals surface area contributed by atoms with Gasteiger partial charge in [0.25, 0.3) is 0 Å². The van der Waals surface area contributed by atoms with Crippen molar-refractivity contribution in [3.05, 3.63) is 42.0 Å². The molecule has 0 aliphatic carbocycles. The Morgan fingerprint density at radius 2 is 2.42 bits per heavy atom. The molecule has 0 saturated carbocycles. The third kappa shape index (κ3) is 1.70. The quantitative estimate of drug-likeness (QED) is 0.829. The van der Waals surface area contributed by atoms with Crippen molar-refractivity contribution in [1.29, 1.82) is 0 Å². The van der Waals surface area contributed by atoms with Gasteiger partial charge in [0.15, 0.2) is 5.72 Å². The van der Waals surface area contributed by atoms with Crippen molar-refractivity contribution in [3.8, 4) is 5.75 Å². The fraction of sp³-hybridized carbons (Fsp3) is 0.400. The third-order valence-electron chi connectivity index (χ3n) is 3.95. The van der Waals surface area contributed by atoms with E-state index in [4.69, 9.17) is 4.74 Å². The van der Waals surface area contributed by atoms with Crippen LogP contribution in [0.15, 0.2) is 30.9 Å². The average molecular weight is 258 g/mol. The fourth-order valence-corrected chi connectivity index (χ4v) is 2.98. The Kier molecular flexibility index (Phi) is 2.55. The van der Waals surface area contributed by atoms with Gasteiger partial charge < -0.3 is 10.1 Å². The van der Waals surface area contributed by atoms with Gasteiger partial charge in [0.2, 0.25) is 0 Å². The van der Waals surface area contributed by atoms with Gasteiger partial charge >= 0.3 is 6.03 Å². The molecule has 2 atom stereocenters. The zero-order chi connectivity index (χ0) is 13.6. The molecular formula is C15H18N2O2. The number of nitrogens with zero attached hydrogens (tertiary/aromatic N) is 1. The lowest BCUT2D eigenvalue weighted by molar-refractivity contribution is -0.0792. The molecule has 0 aromatic heterocycles. The van der Waals surface area contributed by atoms with Crippen LogP contribution < -0.4 is 10.1 Å². The summed E-state index contributed by atoms with van der Waals surface area (Å²) in [6, 6.07) is 5.99. The van der Waals surface area contributed by atoms with Gasteiger partial charge in [0.1, 0.15) is 5.75 Å². The Bertz CT molecular complexity index is 555. The minimum atomic E-state index is -0.597. The zero-order valence-electron chi connectivity index (χ0n) is 11.3. The van der Waals surface area contributed by atoms with E-state index < -0.39 is 5.72 Å². The molecule has 0 spiro atoms. The van der Waals surface area contributed by atoms with Gasteiger partial charge in [-0.15, -0.1) is 6.58 Å². The van der Waals surface area contributed by atoms with Crippen LogP contribution in [-0.4, -0.2) is 23.2 Å². The highest BCUT2D eigenvalue weighted by Gasteiger charge is 2.48. The Balaban J connectivity index is 2.08. The van der Waals surface area contributed by atoms with E-state index in [0.29, 0.717) is 6.54 Å². The maximum Gasteiger partial charge on any atom is 0.321 e. The van der Waals surface area contributed by atoms with Gasteiger partial charge in [-0.2, -0.15) is 0 Å². The number of hydrogen-bond acceptors (Lipinski definition) is 2. The summed E-state index contributed by atoms with van der Waals surface area (Å²) < 4.78 is 6.17. The van der Waals surface area contributed by atoms with Crippen LogP contribution in [0.25, 0.3) is 0 Å². The molecule has 4 heteroatoms. The smallest absolute Gasteiger partial charge is 0.321 e. The van der Waals surface area contributed by atoms with Gasteiger partial charge in [-0.05, 0) is 19.4 Å². The van der Waals surface area contributed by atoms with Crippen LogP contribution in [0.2, 0.25) is 0 Å². The first-order valence-corrected chi connectivity index (χ1v) is 6.53. The monoisotopic (exact) mass is 258 g/mol. The summed E-state index contributed by atoms with van der Waals surface area (Å²) in [4.78, 5) is 13.9. The highest BCUT2D eigenvalue weighted by Crippen LogP contribution is 2.45. The van der Waals surface area contributed by atoms with Crippen LogP contribution in [0, 0.1) is 6.92 Å². The second kappa shape index (κ2) is 4.02. The SMILES string of the molecule is C=CCN1C(=O)NC2CC1(C)Oc1c(C)cccc12. The van der Waals surface area contributed by atoms with Gasteiger partial charge in [-0.25, -0.2) is 4.79 Å². The van der Waals surface area contributed by atoms with Crippen molar-refractivity contribution in [2.45, 2.75) is 32.0 Å². The lowest BCUT2D eigenvalue weighted by atomic mass is 9.89. The number of para-hydroxylation sites is 1. The molecule has 2 aliphatic heterocycles. The number of amides is 2. The van der Waals surface area contributed by atoms with Gasteiger partial charge in [-0.1, -0.05) is 24.3 Å². The first kappa shape index (κ1) is 12.1. The Labute approximate surface area is 113 Å². The molecule has 2 heterocycles. The largest absolute Gasteiger partial charge is 0.467 e. The van der Waals surface area contributed by atoms with E-state index in [1.807, 2.05) is 32.0 Å². The predicted octanol–water partition coefficient (Wildman–Crippen LogP) is 2.75. The molecular weight excluding hydrogens is 240 g/mol. The standard InChI is InChI=1S/C15H18N2O2/c1-4-8-17-14(18)16-12-9-15(17,3)19-13-10(2)6-5-7-11(12)13/h4-7,12H,1,8-9H2,2-3H3,(H,16,18). The molecule has 1 aromatic rings. The average Bonchev–Trinajstić information content (AvgIpc) is 2.36. The van der Waals surface area contributed by atoms with Crippen molar-refractivity contribution < 1.29 is 9.53 Å². The number of rotatable bonds is 2. The molecule has 19 heavy (non-hydrogen) atoms. The summed E-state index contributed by atoms with van der Waals surface area (Å²) in [6.45, 7) is 8.19. The summed E-state index contributed by atoms with van der Waals surface area (Å²) in [5.74, 6) is 0.898. The number of urea groups is 1. The molecule has 3 rings (SSSR count). The third-order valence-corrected chi connectivity index (χ3v) is 3.95. The minimum Gasteiger partial charge on any atom is -0.467 e. The molecule has 1 N–H and O–H groups in total. The Morgan fingerprint density at radius 1 is 1.63 bits per heavy atom. The number of aryl methyl sites for hydroxylation is 1. The highest BCUT2D eigenvalue weighted by molar-refractivity contribution is 5.77. The maximum absolute atomic E-state index is 12.2. The lowest BCUT2D eigenvalue weighted by Crippen LogP contribution is -2.64. The Hall–Kier alpha value is -1.97. The number of carbonyl (C=O) groups is 1. The van der Waals surface area contributed by atoms with Crippen LogP contribution in [0.5, 0.6) is 5.75 Å². The number of nitrogens with one attached hydrogen (secondary N) is 1. The number of hydrogen-bond donors (Lipinski definition) is 1. The molecule has 1 saturated heterocycles.